The average Bonchev–Trinajstić information content (AvgIpc) is 2.38. The van der Waals surface area contributed by atoms with E-state index in [2.05, 4.69) is 10.2 Å². The van der Waals surface area contributed by atoms with Gasteiger partial charge in [0.05, 0.1) is 29.1 Å². The van der Waals surface area contributed by atoms with Crippen molar-refractivity contribution in [3.05, 3.63) is 22.7 Å². The second-order valence-corrected chi connectivity index (χ2v) is 4.34. The van der Waals surface area contributed by atoms with Gasteiger partial charge in [0.2, 0.25) is 0 Å². The molecule has 1 rings (SSSR count). The second kappa shape index (κ2) is 6.68. The van der Waals surface area contributed by atoms with Gasteiger partial charge in [0.1, 0.15) is 0 Å². The Morgan fingerprint density at radius 3 is 2.78 bits per heavy atom. The van der Waals surface area contributed by atoms with Gasteiger partial charge in [-0.3, -0.25) is 10.3 Å². The number of alkyl halides is 1. The zero-order chi connectivity index (χ0) is 13.7. The molecule has 0 saturated carbocycles. The summed E-state index contributed by atoms with van der Waals surface area (Å²) in [5, 5.41) is 0.228. The highest BCUT2D eigenvalue weighted by Crippen LogP contribution is 2.30. The molecule has 0 saturated heterocycles. The minimum atomic E-state index is -0.516. The molecule has 0 radical (unpaired) electrons. The van der Waals surface area contributed by atoms with E-state index in [-0.39, 0.29) is 16.3 Å². The fraction of sp³-hybridized carbons (Fsp3) is 0.364. The number of hydrogen-bond acceptors (Lipinski definition) is 5. The molecule has 0 aliphatic heterocycles. The first-order chi connectivity index (χ1) is 8.49. The maximum absolute atomic E-state index is 11.4. The highest BCUT2D eigenvalue weighted by Gasteiger charge is 2.13. The standard InChI is InChI=1S/C11H14Cl2N2O3/c1-3-9(13)18-15-8-5-6(11(16)17-2)4-7(12)10(8)14/h4-5,9,15H,3,14H2,1-2H3. The SMILES string of the molecule is CCC(Cl)ONc1cc(C(=O)OC)cc(Cl)c1N. The molecular formula is C11H14Cl2N2O3. The van der Waals surface area contributed by atoms with Crippen molar-refractivity contribution >= 4 is 40.5 Å². The van der Waals surface area contributed by atoms with E-state index in [1.54, 1.807) is 0 Å². The van der Waals surface area contributed by atoms with Crippen LogP contribution in [0.3, 0.4) is 0 Å². The third-order valence-corrected chi connectivity index (χ3v) is 2.88. The van der Waals surface area contributed by atoms with E-state index in [0.717, 1.165) is 0 Å². The van der Waals surface area contributed by atoms with Gasteiger partial charge < -0.3 is 10.5 Å². The Labute approximate surface area is 115 Å². The monoisotopic (exact) mass is 292 g/mol. The van der Waals surface area contributed by atoms with E-state index >= 15 is 0 Å². The molecule has 3 N–H and O–H groups in total. The molecule has 0 fully saturated rings. The number of nitrogens with one attached hydrogen (secondary N) is 1. The van der Waals surface area contributed by atoms with E-state index in [4.69, 9.17) is 33.8 Å². The average molecular weight is 293 g/mol. The fourth-order valence-corrected chi connectivity index (χ4v) is 1.41. The molecular weight excluding hydrogens is 279 g/mol. The molecule has 5 nitrogen and oxygen atoms in total. The topological polar surface area (TPSA) is 73.6 Å². The second-order valence-electron chi connectivity index (χ2n) is 3.45. The summed E-state index contributed by atoms with van der Waals surface area (Å²) >= 11 is 11.7. The fourth-order valence-electron chi connectivity index (χ4n) is 1.15. The molecule has 1 atom stereocenters. The van der Waals surface area contributed by atoms with Crippen LogP contribution in [0.25, 0.3) is 0 Å². The van der Waals surface area contributed by atoms with Crippen LogP contribution in [0.2, 0.25) is 5.02 Å². The first-order valence-electron chi connectivity index (χ1n) is 5.22. The zero-order valence-corrected chi connectivity index (χ0v) is 11.5. The van der Waals surface area contributed by atoms with E-state index in [1.165, 1.54) is 19.2 Å². The Hall–Kier alpha value is -1.17. The minimum absolute atomic E-state index is 0.228. The predicted octanol–water partition coefficient (Wildman–Crippen LogP) is 3.03. The van der Waals surface area contributed by atoms with Crippen LogP contribution in [0.4, 0.5) is 11.4 Å². The minimum Gasteiger partial charge on any atom is -0.465 e. The number of halogens is 2. The first-order valence-corrected chi connectivity index (χ1v) is 6.04. The first kappa shape index (κ1) is 14.9. The quantitative estimate of drug-likeness (QED) is 0.378. The number of carbonyl (C=O) groups is 1. The van der Waals surface area contributed by atoms with Crippen LogP contribution in [0.5, 0.6) is 0 Å². The van der Waals surface area contributed by atoms with Crippen LogP contribution in [0, 0.1) is 0 Å². The summed E-state index contributed by atoms with van der Waals surface area (Å²) in [4.78, 5) is 16.5. The number of esters is 1. The largest absolute Gasteiger partial charge is 0.465 e. The van der Waals surface area contributed by atoms with Crippen LogP contribution < -0.4 is 11.2 Å². The molecule has 1 aromatic rings. The smallest absolute Gasteiger partial charge is 0.337 e. The van der Waals surface area contributed by atoms with Crippen molar-refractivity contribution in [1.82, 2.24) is 0 Å². The van der Waals surface area contributed by atoms with Crippen molar-refractivity contribution in [3.8, 4) is 0 Å². The van der Waals surface area contributed by atoms with Crippen molar-refractivity contribution < 1.29 is 14.4 Å². The number of nitrogens with two attached hydrogens (primary N) is 1. The van der Waals surface area contributed by atoms with Crippen molar-refractivity contribution in [1.29, 1.82) is 0 Å². The molecule has 7 heteroatoms. The van der Waals surface area contributed by atoms with E-state index < -0.39 is 11.5 Å². The number of carbonyl (C=O) groups excluding carboxylic acids is 1. The van der Waals surface area contributed by atoms with Gasteiger partial charge in [-0.1, -0.05) is 30.1 Å². The third kappa shape index (κ3) is 3.66. The van der Waals surface area contributed by atoms with Crippen LogP contribution in [0.15, 0.2) is 12.1 Å². The molecule has 1 unspecified atom stereocenters. The lowest BCUT2D eigenvalue weighted by molar-refractivity contribution is 0.0601. The van der Waals surface area contributed by atoms with Crippen molar-refractivity contribution in [3.63, 3.8) is 0 Å². The van der Waals surface area contributed by atoms with Crippen molar-refractivity contribution in [2.24, 2.45) is 0 Å². The summed E-state index contributed by atoms with van der Waals surface area (Å²) in [5.74, 6) is -0.516. The number of anilines is 2. The van der Waals surface area contributed by atoms with Gasteiger partial charge in [-0.25, -0.2) is 4.79 Å². The van der Waals surface area contributed by atoms with Crippen LogP contribution >= 0.6 is 23.2 Å². The van der Waals surface area contributed by atoms with Gasteiger partial charge in [-0.05, 0) is 18.6 Å². The van der Waals surface area contributed by atoms with Gasteiger partial charge >= 0.3 is 5.97 Å². The summed E-state index contributed by atoms with van der Waals surface area (Å²) in [7, 11) is 1.28. The Bertz CT molecular complexity index is 441. The van der Waals surface area contributed by atoms with Crippen molar-refractivity contribution in [2.45, 2.75) is 18.9 Å². The van der Waals surface area contributed by atoms with Gasteiger partial charge in [0.25, 0.3) is 0 Å². The Kier molecular flexibility index (Phi) is 5.53. The van der Waals surface area contributed by atoms with Gasteiger partial charge in [-0.15, -0.1) is 0 Å². The van der Waals surface area contributed by atoms with Gasteiger partial charge in [0, 0.05) is 0 Å². The summed E-state index contributed by atoms with van der Waals surface area (Å²) in [6, 6.07) is 2.90. The predicted molar refractivity (Wildman–Crippen MR) is 71.8 cm³/mol. The Morgan fingerprint density at radius 1 is 1.56 bits per heavy atom. The lowest BCUT2D eigenvalue weighted by Gasteiger charge is -2.14. The molecule has 1 aromatic carbocycles. The molecule has 0 aromatic heterocycles. The molecule has 0 spiro atoms. The molecule has 0 heterocycles. The number of rotatable bonds is 5. The lowest BCUT2D eigenvalue weighted by Crippen LogP contribution is -2.12. The molecule has 18 heavy (non-hydrogen) atoms. The molecule has 0 aliphatic carbocycles. The highest BCUT2D eigenvalue weighted by atomic mass is 35.5. The van der Waals surface area contributed by atoms with Crippen molar-refractivity contribution in [2.75, 3.05) is 18.3 Å². The highest BCUT2D eigenvalue weighted by molar-refractivity contribution is 6.34. The summed E-state index contributed by atoms with van der Waals surface area (Å²) < 4.78 is 4.60. The van der Waals surface area contributed by atoms with E-state index in [9.17, 15) is 4.79 Å². The third-order valence-electron chi connectivity index (χ3n) is 2.17. The van der Waals surface area contributed by atoms with Gasteiger partial charge in [0.15, 0.2) is 5.56 Å². The summed E-state index contributed by atoms with van der Waals surface area (Å²) in [6.45, 7) is 1.86. The normalized spacial score (nSPS) is 12.0. The number of benzene rings is 1. The van der Waals surface area contributed by atoms with E-state index in [0.29, 0.717) is 12.1 Å². The maximum Gasteiger partial charge on any atom is 0.337 e. The van der Waals surface area contributed by atoms with Crippen LogP contribution in [-0.4, -0.2) is 18.6 Å². The maximum atomic E-state index is 11.4. The number of hydrogen-bond donors (Lipinski definition) is 2. The van der Waals surface area contributed by atoms with E-state index in [1.807, 2.05) is 6.92 Å². The van der Waals surface area contributed by atoms with Gasteiger partial charge in [-0.2, -0.15) is 0 Å². The molecule has 0 bridgehead atoms. The molecule has 0 amide bonds. The lowest BCUT2D eigenvalue weighted by atomic mass is 10.2. The number of nitrogen functional groups attached to an aromatic ring is 1. The molecule has 0 aliphatic rings. The summed E-state index contributed by atoms with van der Waals surface area (Å²) in [5.41, 5.74) is 8.72. The number of ether oxygens (including phenoxy) is 1. The molecule has 100 valence electrons. The Morgan fingerprint density at radius 2 is 2.22 bits per heavy atom. The zero-order valence-electron chi connectivity index (χ0n) is 10.00. The Balaban J connectivity index is 2.95. The number of methoxy groups -OCH3 is 1. The summed E-state index contributed by atoms with van der Waals surface area (Å²) in [6.07, 6.45) is 0.610. The van der Waals surface area contributed by atoms with Crippen LogP contribution in [-0.2, 0) is 9.57 Å². The van der Waals surface area contributed by atoms with Crippen LogP contribution in [0.1, 0.15) is 23.7 Å².